The molecule has 0 radical (unpaired) electrons. The Morgan fingerprint density at radius 1 is 1.32 bits per heavy atom. The maximum Gasteiger partial charge on any atom is 0.337 e. The Kier molecular flexibility index (Phi) is 4.30. The number of nitrogens with two attached hydrogens (primary N) is 1. The van der Waals surface area contributed by atoms with Crippen molar-refractivity contribution in [3.63, 3.8) is 0 Å². The van der Waals surface area contributed by atoms with Crippen LogP contribution in [0.5, 0.6) is 0 Å². The molecule has 0 amide bonds. The molecule has 2 rings (SSSR count). The molecule has 1 aromatic rings. The molecule has 104 valence electrons. The van der Waals surface area contributed by atoms with E-state index in [4.69, 9.17) is 5.73 Å². The summed E-state index contributed by atoms with van der Waals surface area (Å²) in [5.74, 6) is -0.389. The van der Waals surface area contributed by atoms with E-state index in [1.807, 2.05) is 0 Å². The number of carboxylic acid groups (broad SMARTS) is 1. The predicted octanol–water partition coefficient (Wildman–Crippen LogP) is 3.35. The molecule has 1 fully saturated rings. The van der Waals surface area contributed by atoms with Crippen molar-refractivity contribution >= 4 is 17.3 Å². The van der Waals surface area contributed by atoms with Crippen LogP contribution in [0.15, 0.2) is 18.2 Å². The van der Waals surface area contributed by atoms with E-state index in [2.05, 4.69) is 12.2 Å². The number of nitrogens with one attached hydrogen (secondary N) is 1. The molecule has 4 N–H and O–H groups in total. The number of hydrogen-bond donors (Lipinski definition) is 3. The summed E-state index contributed by atoms with van der Waals surface area (Å²) >= 11 is 0. The SMILES string of the molecule is CC1CCCCCC1Nc1c(N)cccc1C(=O)O. The minimum atomic E-state index is -0.934. The summed E-state index contributed by atoms with van der Waals surface area (Å²) in [7, 11) is 0. The summed E-state index contributed by atoms with van der Waals surface area (Å²) in [5.41, 5.74) is 7.28. The van der Waals surface area contributed by atoms with Gasteiger partial charge in [0.1, 0.15) is 0 Å². The topological polar surface area (TPSA) is 75.3 Å². The second-order valence-corrected chi connectivity index (χ2v) is 5.44. The second kappa shape index (κ2) is 5.95. The Morgan fingerprint density at radius 3 is 2.79 bits per heavy atom. The van der Waals surface area contributed by atoms with Crippen molar-refractivity contribution in [3.8, 4) is 0 Å². The molecule has 4 heteroatoms. The number of hydrogen-bond acceptors (Lipinski definition) is 3. The van der Waals surface area contributed by atoms with Crippen LogP contribution in [0.4, 0.5) is 11.4 Å². The number of anilines is 2. The van der Waals surface area contributed by atoms with Crippen LogP contribution in [0, 0.1) is 5.92 Å². The largest absolute Gasteiger partial charge is 0.478 e. The first-order valence-electron chi connectivity index (χ1n) is 6.98. The fourth-order valence-corrected chi connectivity index (χ4v) is 2.80. The fourth-order valence-electron chi connectivity index (χ4n) is 2.80. The van der Waals surface area contributed by atoms with E-state index in [0.717, 1.165) is 6.42 Å². The molecular weight excluding hydrogens is 240 g/mol. The minimum Gasteiger partial charge on any atom is -0.478 e. The molecule has 1 aromatic carbocycles. The van der Waals surface area contributed by atoms with Crippen LogP contribution in [-0.4, -0.2) is 17.1 Å². The van der Waals surface area contributed by atoms with E-state index in [-0.39, 0.29) is 5.56 Å². The number of para-hydroxylation sites is 1. The predicted molar refractivity (Wildman–Crippen MR) is 77.5 cm³/mol. The molecule has 0 heterocycles. The van der Waals surface area contributed by atoms with Gasteiger partial charge >= 0.3 is 5.97 Å². The molecule has 0 spiro atoms. The summed E-state index contributed by atoms with van der Waals surface area (Å²) in [6, 6.07) is 5.34. The van der Waals surface area contributed by atoms with Crippen molar-refractivity contribution in [1.29, 1.82) is 0 Å². The van der Waals surface area contributed by atoms with Crippen molar-refractivity contribution in [2.45, 2.75) is 45.1 Å². The van der Waals surface area contributed by atoms with E-state index in [9.17, 15) is 9.90 Å². The van der Waals surface area contributed by atoms with Crippen molar-refractivity contribution in [2.75, 3.05) is 11.1 Å². The Labute approximate surface area is 114 Å². The van der Waals surface area contributed by atoms with Gasteiger partial charge in [0.15, 0.2) is 0 Å². The van der Waals surface area contributed by atoms with Gasteiger partial charge in [-0.3, -0.25) is 0 Å². The van der Waals surface area contributed by atoms with Crippen molar-refractivity contribution in [3.05, 3.63) is 23.8 Å². The van der Waals surface area contributed by atoms with Crippen LogP contribution in [0.2, 0.25) is 0 Å². The van der Waals surface area contributed by atoms with Gasteiger partial charge in [0.05, 0.1) is 16.9 Å². The summed E-state index contributed by atoms with van der Waals surface area (Å²) in [4.78, 5) is 11.3. The van der Waals surface area contributed by atoms with Gasteiger partial charge in [0.25, 0.3) is 0 Å². The third kappa shape index (κ3) is 3.19. The van der Waals surface area contributed by atoms with E-state index in [0.29, 0.717) is 23.3 Å². The Hall–Kier alpha value is -1.71. The molecule has 1 saturated carbocycles. The zero-order valence-corrected chi connectivity index (χ0v) is 11.4. The third-order valence-corrected chi connectivity index (χ3v) is 4.02. The van der Waals surface area contributed by atoms with Crippen LogP contribution < -0.4 is 11.1 Å². The Morgan fingerprint density at radius 2 is 2.05 bits per heavy atom. The lowest BCUT2D eigenvalue weighted by atomic mass is 9.96. The molecule has 19 heavy (non-hydrogen) atoms. The monoisotopic (exact) mass is 262 g/mol. The number of nitrogen functional groups attached to an aromatic ring is 1. The quantitative estimate of drug-likeness (QED) is 0.577. The summed E-state index contributed by atoms with van der Waals surface area (Å²) in [5, 5.41) is 12.6. The molecule has 1 aliphatic rings. The number of carboxylic acids is 1. The lowest BCUT2D eigenvalue weighted by Gasteiger charge is -2.25. The highest BCUT2D eigenvalue weighted by Gasteiger charge is 2.22. The number of aromatic carboxylic acids is 1. The van der Waals surface area contributed by atoms with Crippen molar-refractivity contribution < 1.29 is 9.90 Å². The lowest BCUT2D eigenvalue weighted by molar-refractivity contribution is 0.0698. The lowest BCUT2D eigenvalue weighted by Crippen LogP contribution is -2.27. The normalized spacial score (nSPS) is 23.6. The first-order chi connectivity index (χ1) is 9.09. The highest BCUT2D eigenvalue weighted by atomic mass is 16.4. The minimum absolute atomic E-state index is 0.261. The second-order valence-electron chi connectivity index (χ2n) is 5.44. The molecule has 4 nitrogen and oxygen atoms in total. The van der Waals surface area contributed by atoms with Gasteiger partial charge in [-0.25, -0.2) is 4.79 Å². The molecule has 2 atom stereocenters. The van der Waals surface area contributed by atoms with Gasteiger partial charge in [0, 0.05) is 6.04 Å². The molecule has 0 aliphatic heterocycles. The average molecular weight is 262 g/mol. The van der Waals surface area contributed by atoms with Gasteiger partial charge in [-0.2, -0.15) is 0 Å². The Bertz CT molecular complexity index is 459. The fraction of sp³-hybridized carbons (Fsp3) is 0.533. The summed E-state index contributed by atoms with van der Waals surface area (Å²) in [6.07, 6.45) is 5.98. The summed E-state index contributed by atoms with van der Waals surface area (Å²) < 4.78 is 0. The molecule has 0 saturated heterocycles. The highest BCUT2D eigenvalue weighted by Crippen LogP contribution is 2.30. The van der Waals surface area contributed by atoms with E-state index < -0.39 is 5.97 Å². The van der Waals surface area contributed by atoms with Crippen LogP contribution in [0.3, 0.4) is 0 Å². The average Bonchev–Trinajstić information content (AvgIpc) is 2.57. The smallest absolute Gasteiger partial charge is 0.337 e. The summed E-state index contributed by atoms with van der Waals surface area (Å²) in [6.45, 7) is 2.22. The van der Waals surface area contributed by atoms with Crippen molar-refractivity contribution in [2.24, 2.45) is 5.92 Å². The maximum atomic E-state index is 11.3. The number of benzene rings is 1. The zero-order chi connectivity index (χ0) is 13.8. The van der Waals surface area contributed by atoms with Crippen LogP contribution in [0.25, 0.3) is 0 Å². The van der Waals surface area contributed by atoms with Gasteiger partial charge in [0.2, 0.25) is 0 Å². The van der Waals surface area contributed by atoms with Gasteiger partial charge < -0.3 is 16.2 Å². The van der Waals surface area contributed by atoms with Crippen LogP contribution in [-0.2, 0) is 0 Å². The van der Waals surface area contributed by atoms with Gasteiger partial charge in [-0.15, -0.1) is 0 Å². The van der Waals surface area contributed by atoms with E-state index >= 15 is 0 Å². The molecule has 2 unspecified atom stereocenters. The standard InChI is InChI=1S/C15H22N2O2/c1-10-6-3-2-4-9-13(10)17-14-11(15(18)19)7-5-8-12(14)16/h5,7-8,10,13,17H,2-4,6,9,16H2,1H3,(H,18,19). The van der Waals surface area contributed by atoms with E-state index in [1.165, 1.54) is 25.7 Å². The number of carbonyl (C=O) groups is 1. The maximum absolute atomic E-state index is 11.3. The van der Waals surface area contributed by atoms with Gasteiger partial charge in [-0.05, 0) is 30.9 Å². The highest BCUT2D eigenvalue weighted by molar-refractivity contribution is 5.97. The van der Waals surface area contributed by atoms with E-state index in [1.54, 1.807) is 18.2 Å². The Balaban J connectivity index is 2.24. The molecular formula is C15H22N2O2. The van der Waals surface area contributed by atoms with Gasteiger partial charge in [-0.1, -0.05) is 32.3 Å². The van der Waals surface area contributed by atoms with Crippen LogP contribution >= 0.6 is 0 Å². The molecule has 1 aliphatic carbocycles. The number of rotatable bonds is 3. The molecule has 0 bridgehead atoms. The van der Waals surface area contributed by atoms with Crippen LogP contribution in [0.1, 0.15) is 49.4 Å². The zero-order valence-electron chi connectivity index (χ0n) is 11.4. The third-order valence-electron chi connectivity index (χ3n) is 4.02. The molecule has 0 aromatic heterocycles. The first kappa shape index (κ1) is 13.7. The first-order valence-corrected chi connectivity index (χ1v) is 6.98. The van der Waals surface area contributed by atoms with Crippen molar-refractivity contribution in [1.82, 2.24) is 0 Å².